The summed E-state index contributed by atoms with van der Waals surface area (Å²) in [5.41, 5.74) is 0.264. The van der Waals surface area contributed by atoms with E-state index >= 15 is 0 Å². The first-order chi connectivity index (χ1) is 6.97. The Morgan fingerprint density at radius 1 is 1.27 bits per heavy atom. The van der Waals surface area contributed by atoms with Crippen LogP contribution in [0.5, 0.6) is 0 Å². The van der Waals surface area contributed by atoms with Crippen LogP contribution in [-0.2, 0) is 0 Å². The van der Waals surface area contributed by atoms with E-state index in [1.165, 1.54) is 32.2 Å². The molecule has 0 bridgehead atoms. The highest BCUT2D eigenvalue weighted by Gasteiger charge is 2.19. The molecule has 1 aliphatic carbocycles. The van der Waals surface area contributed by atoms with Gasteiger partial charge in [-0.3, -0.25) is 0 Å². The fraction of sp³-hybridized carbons (Fsp3) is 1.00. The van der Waals surface area contributed by atoms with Crippen molar-refractivity contribution < 1.29 is 0 Å². The molecule has 2 heteroatoms. The van der Waals surface area contributed by atoms with Crippen molar-refractivity contribution in [1.29, 1.82) is 0 Å². The minimum absolute atomic E-state index is 0.264. The van der Waals surface area contributed by atoms with Crippen molar-refractivity contribution in [2.45, 2.75) is 65.0 Å². The molecule has 0 aromatic heterocycles. The number of nitrogens with one attached hydrogen (secondary N) is 2. The van der Waals surface area contributed by atoms with Crippen LogP contribution in [0.4, 0.5) is 0 Å². The molecule has 2 nitrogen and oxygen atoms in total. The predicted molar refractivity (Wildman–Crippen MR) is 67.2 cm³/mol. The molecule has 15 heavy (non-hydrogen) atoms. The molecule has 0 aliphatic heterocycles. The second-order valence-electron chi connectivity index (χ2n) is 6.11. The van der Waals surface area contributed by atoms with Crippen molar-refractivity contribution in [1.82, 2.24) is 10.6 Å². The Labute approximate surface area is 95.2 Å². The van der Waals surface area contributed by atoms with E-state index in [1.54, 1.807) is 0 Å². The van der Waals surface area contributed by atoms with Crippen LogP contribution in [0.3, 0.4) is 0 Å². The Balaban J connectivity index is 1.90. The van der Waals surface area contributed by atoms with E-state index in [9.17, 15) is 0 Å². The van der Waals surface area contributed by atoms with E-state index in [1.807, 2.05) is 0 Å². The van der Waals surface area contributed by atoms with E-state index in [0.717, 1.165) is 18.5 Å². The van der Waals surface area contributed by atoms with Gasteiger partial charge in [-0.15, -0.1) is 0 Å². The Kier molecular flexibility index (Phi) is 5.07. The maximum atomic E-state index is 3.56. The lowest BCUT2D eigenvalue weighted by Crippen LogP contribution is -2.38. The Morgan fingerprint density at radius 2 is 1.93 bits per heavy atom. The maximum absolute atomic E-state index is 3.56. The van der Waals surface area contributed by atoms with Crippen molar-refractivity contribution in [2.75, 3.05) is 13.1 Å². The first kappa shape index (κ1) is 13.0. The van der Waals surface area contributed by atoms with Gasteiger partial charge in [0.2, 0.25) is 0 Å². The van der Waals surface area contributed by atoms with Gasteiger partial charge in [0.05, 0.1) is 0 Å². The summed E-state index contributed by atoms with van der Waals surface area (Å²) < 4.78 is 0. The fourth-order valence-electron chi connectivity index (χ4n) is 1.63. The molecule has 1 rings (SSSR count). The van der Waals surface area contributed by atoms with Crippen molar-refractivity contribution in [2.24, 2.45) is 5.92 Å². The van der Waals surface area contributed by atoms with Crippen LogP contribution in [0, 0.1) is 5.92 Å². The van der Waals surface area contributed by atoms with Gasteiger partial charge in [-0.25, -0.2) is 0 Å². The topological polar surface area (TPSA) is 24.1 Å². The molecule has 0 amide bonds. The molecular weight excluding hydrogens is 184 g/mol. The Morgan fingerprint density at radius 3 is 2.47 bits per heavy atom. The van der Waals surface area contributed by atoms with Crippen molar-refractivity contribution in [3.8, 4) is 0 Å². The van der Waals surface area contributed by atoms with Gasteiger partial charge < -0.3 is 10.6 Å². The summed E-state index contributed by atoms with van der Waals surface area (Å²) in [4.78, 5) is 0. The van der Waals surface area contributed by atoms with Crippen molar-refractivity contribution in [3.05, 3.63) is 0 Å². The lowest BCUT2D eigenvalue weighted by atomic mass is 10.0. The smallest absolute Gasteiger partial charge is 0.00966 e. The van der Waals surface area contributed by atoms with Crippen LogP contribution in [0.2, 0.25) is 0 Å². The van der Waals surface area contributed by atoms with Gasteiger partial charge in [-0.1, -0.05) is 6.92 Å². The van der Waals surface area contributed by atoms with Crippen LogP contribution in [0.1, 0.15) is 53.4 Å². The molecule has 0 saturated heterocycles. The molecule has 1 atom stereocenters. The van der Waals surface area contributed by atoms with E-state index in [2.05, 4.69) is 38.3 Å². The summed E-state index contributed by atoms with van der Waals surface area (Å²) in [5, 5.41) is 7.13. The molecule has 90 valence electrons. The van der Waals surface area contributed by atoms with Crippen molar-refractivity contribution in [3.63, 3.8) is 0 Å². The summed E-state index contributed by atoms with van der Waals surface area (Å²) in [6.45, 7) is 11.4. The highest BCUT2D eigenvalue weighted by atomic mass is 14.9. The zero-order valence-corrected chi connectivity index (χ0v) is 10.9. The normalized spacial score (nSPS) is 19.2. The molecule has 1 saturated carbocycles. The average Bonchev–Trinajstić information content (AvgIpc) is 2.91. The summed E-state index contributed by atoms with van der Waals surface area (Å²) in [6, 6.07) is 0.869. The van der Waals surface area contributed by atoms with Crippen LogP contribution in [0.25, 0.3) is 0 Å². The second kappa shape index (κ2) is 5.86. The predicted octanol–water partition coefficient (Wildman–Crippen LogP) is 2.54. The summed E-state index contributed by atoms with van der Waals surface area (Å²) >= 11 is 0. The number of rotatable bonds is 7. The first-order valence-electron chi connectivity index (χ1n) is 6.46. The van der Waals surface area contributed by atoms with Gasteiger partial charge in [-0.2, -0.15) is 0 Å². The zero-order valence-electron chi connectivity index (χ0n) is 10.9. The van der Waals surface area contributed by atoms with Crippen LogP contribution >= 0.6 is 0 Å². The molecule has 2 N–H and O–H groups in total. The number of hydrogen-bond acceptors (Lipinski definition) is 2. The van der Waals surface area contributed by atoms with E-state index < -0.39 is 0 Å². The van der Waals surface area contributed by atoms with Gasteiger partial charge in [0.1, 0.15) is 0 Å². The van der Waals surface area contributed by atoms with Crippen LogP contribution in [0.15, 0.2) is 0 Å². The van der Waals surface area contributed by atoms with Gasteiger partial charge in [0, 0.05) is 11.6 Å². The minimum atomic E-state index is 0.264. The van der Waals surface area contributed by atoms with Crippen LogP contribution < -0.4 is 10.6 Å². The van der Waals surface area contributed by atoms with Gasteiger partial charge >= 0.3 is 0 Å². The SMILES string of the molecule is CC(CCCNC1CC1)CNC(C)(C)C. The fourth-order valence-corrected chi connectivity index (χ4v) is 1.63. The van der Waals surface area contributed by atoms with E-state index in [0.29, 0.717) is 0 Å². The lowest BCUT2D eigenvalue weighted by molar-refractivity contribution is 0.367. The Bertz CT molecular complexity index is 168. The third kappa shape index (κ3) is 7.80. The third-order valence-corrected chi connectivity index (χ3v) is 2.86. The van der Waals surface area contributed by atoms with E-state index in [-0.39, 0.29) is 5.54 Å². The zero-order chi connectivity index (χ0) is 11.3. The molecule has 0 spiro atoms. The van der Waals surface area contributed by atoms with Gasteiger partial charge in [-0.05, 0) is 65.5 Å². The van der Waals surface area contributed by atoms with Gasteiger partial charge in [0.25, 0.3) is 0 Å². The molecule has 1 fully saturated rings. The highest BCUT2D eigenvalue weighted by molar-refractivity contribution is 4.80. The average molecular weight is 212 g/mol. The summed E-state index contributed by atoms with van der Waals surface area (Å²) in [6.07, 6.45) is 5.47. The number of hydrogen-bond donors (Lipinski definition) is 2. The largest absolute Gasteiger partial charge is 0.314 e. The molecule has 0 radical (unpaired) electrons. The third-order valence-electron chi connectivity index (χ3n) is 2.86. The standard InChI is InChI=1S/C13H28N2/c1-11(10-15-13(2,3)4)6-5-9-14-12-7-8-12/h11-12,14-15H,5-10H2,1-4H3. The molecule has 0 heterocycles. The first-order valence-corrected chi connectivity index (χ1v) is 6.46. The molecule has 1 unspecified atom stereocenters. The van der Waals surface area contributed by atoms with Crippen LogP contribution in [-0.4, -0.2) is 24.7 Å². The Hall–Kier alpha value is -0.0800. The quantitative estimate of drug-likeness (QED) is 0.634. The maximum Gasteiger partial charge on any atom is 0.00966 e. The highest BCUT2D eigenvalue weighted by Crippen LogP contribution is 2.18. The summed E-state index contributed by atoms with van der Waals surface area (Å²) in [7, 11) is 0. The van der Waals surface area contributed by atoms with Gasteiger partial charge in [0.15, 0.2) is 0 Å². The molecule has 0 aromatic rings. The molecule has 1 aliphatic rings. The van der Waals surface area contributed by atoms with E-state index in [4.69, 9.17) is 0 Å². The second-order valence-corrected chi connectivity index (χ2v) is 6.11. The minimum Gasteiger partial charge on any atom is -0.314 e. The monoisotopic (exact) mass is 212 g/mol. The lowest BCUT2D eigenvalue weighted by Gasteiger charge is -2.23. The summed E-state index contributed by atoms with van der Waals surface area (Å²) in [5.74, 6) is 0.797. The molecular formula is C13H28N2. The molecule has 0 aromatic carbocycles. The van der Waals surface area contributed by atoms with Crippen molar-refractivity contribution >= 4 is 0 Å².